The predicted molar refractivity (Wildman–Crippen MR) is 119 cm³/mol. The van der Waals surface area contributed by atoms with E-state index in [4.69, 9.17) is 23.2 Å². The molecule has 160 valence electrons. The first-order valence-corrected chi connectivity index (χ1v) is 11.5. The van der Waals surface area contributed by atoms with Crippen molar-refractivity contribution in [3.63, 3.8) is 0 Å². The SMILES string of the molecule is Cc1nn(-c2ccccc2)c(C)c1S(=O)(=O)Nc1ncn(Cc2ccc(Cl)cc2Cl)n1. The molecular formula is C20H18Cl2N6O2S. The molecule has 0 saturated carbocycles. The Morgan fingerprint density at radius 3 is 2.48 bits per heavy atom. The maximum atomic E-state index is 13.1. The van der Waals surface area contributed by atoms with Crippen LogP contribution in [0.1, 0.15) is 17.0 Å². The number of sulfonamides is 1. The van der Waals surface area contributed by atoms with E-state index in [-0.39, 0.29) is 10.8 Å². The molecule has 2 aromatic carbocycles. The van der Waals surface area contributed by atoms with Crippen molar-refractivity contribution >= 4 is 39.2 Å². The fraction of sp³-hybridized carbons (Fsp3) is 0.150. The summed E-state index contributed by atoms with van der Waals surface area (Å²) < 4.78 is 31.6. The molecule has 0 spiro atoms. The second-order valence-electron chi connectivity index (χ2n) is 6.85. The highest BCUT2D eigenvalue weighted by atomic mass is 35.5. The average molecular weight is 477 g/mol. The third-order valence-corrected chi connectivity index (χ3v) is 6.77. The number of para-hydroxylation sites is 1. The van der Waals surface area contributed by atoms with Crippen LogP contribution in [0.2, 0.25) is 10.0 Å². The number of nitrogens with zero attached hydrogens (tertiary/aromatic N) is 5. The van der Waals surface area contributed by atoms with E-state index in [0.717, 1.165) is 11.3 Å². The molecule has 4 rings (SSSR count). The molecule has 31 heavy (non-hydrogen) atoms. The van der Waals surface area contributed by atoms with Gasteiger partial charge >= 0.3 is 0 Å². The van der Waals surface area contributed by atoms with E-state index >= 15 is 0 Å². The molecule has 2 heterocycles. The van der Waals surface area contributed by atoms with Crippen molar-refractivity contribution < 1.29 is 8.42 Å². The largest absolute Gasteiger partial charge is 0.267 e. The Balaban J connectivity index is 1.58. The van der Waals surface area contributed by atoms with Crippen LogP contribution in [0.15, 0.2) is 59.8 Å². The lowest BCUT2D eigenvalue weighted by molar-refractivity contribution is 0.599. The highest BCUT2D eigenvalue weighted by Gasteiger charge is 2.26. The molecule has 0 radical (unpaired) electrons. The lowest BCUT2D eigenvalue weighted by atomic mass is 10.2. The highest BCUT2D eigenvalue weighted by molar-refractivity contribution is 7.92. The topological polar surface area (TPSA) is 94.7 Å². The molecule has 2 aromatic heterocycles. The fourth-order valence-electron chi connectivity index (χ4n) is 3.25. The van der Waals surface area contributed by atoms with E-state index in [1.807, 2.05) is 30.3 Å². The van der Waals surface area contributed by atoms with Gasteiger partial charge in [0.25, 0.3) is 16.0 Å². The summed E-state index contributed by atoms with van der Waals surface area (Å²) in [7, 11) is -3.95. The molecule has 0 aliphatic heterocycles. The molecule has 0 unspecified atom stereocenters. The summed E-state index contributed by atoms with van der Waals surface area (Å²) in [5.41, 5.74) is 2.41. The van der Waals surface area contributed by atoms with E-state index in [0.29, 0.717) is 28.0 Å². The minimum absolute atomic E-state index is 0.0450. The van der Waals surface area contributed by atoms with Gasteiger partial charge in [-0.1, -0.05) is 47.5 Å². The third kappa shape index (κ3) is 4.43. The first-order valence-electron chi connectivity index (χ1n) is 9.22. The lowest BCUT2D eigenvalue weighted by Crippen LogP contribution is -2.16. The number of benzene rings is 2. The second kappa shape index (κ2) is 8.33. The van der Waals surface area contributed by atoms with Crippen LogP contribution < -0.4 is 4.72 Å². The first-order chi connectivity index (χ1) is 14.7. The average Bonchev–Trinajstić information content (AvgIpc) is 3.27. The number of hydrogen-bond donors (Lipinski definition) is 1. The van der Waals surface area contributed by atoms with Crippen molar-refractivity contribution in [2.24, 2.45) is 0 Å². The summed E-state index contributed by atoms with van der Waals surface area (Å²) in [6.07, 6.45) is 1.43. The smallest absolute Gasteiger partial charge is 0.246 e. The monoisotopic (exact) mass is 476 g/mol. The van der Waals surface area contributed by atoms with E-state index in [1.165, 1.54) is 11.0 Å². The molecule has 0 atom stereocenters. The Labute approximate surface area is 189 Å². The zero-order valence-electron chi connectivity index (χ0n) is 16.6. The van der Waals surface area contributed by atoms with Gasteiger partial charge in [0.05, 0.1) is 23.6 Å². The summed E-state index contributed by atoms with van der Waals surface area (Å²) >= 11 is 12.1. The Morgan fingerprint density at radius 1 is 1.03 bits per heavy atom. The van der Waals surface area contributed by atoms with E-state index in [2.05, 4.69) is 19.9 Å². The Kier molecular flexibility index (Phi) is 5.74. The van der Waals surface area contributed by atoms with Crippen LogP contribution in [-0.2, 0) is 16.6 Å². The predicted octanol–water partition coefficient (Wildman–Crippen LogP) is 4.24. The number of anilines is 1. The summed E-state index contributed by atoms with van der Waals surface area (Å²) in [5, 5.41) is 9.61. The van der Waals surface area contributed by atoms with Gasteiger partial charge in [-0.3, -0.25) is 0 Å². The highest BCUT2D eigenvalue weighted by Crippen LogP contribution is 2.25. The number of aromatic nitrogens is 5. The molecule has 0 fully saturated rings. The van der Waals surface area contributed by atoms with Gasteiger partial charge in [-0.2, -0.15) is 10.1 Å². The standard InChI is InChI=1S/C20H18Cl2N6O2S/c1-13-19(14(2)28(24-13)17-6-4-3-5-7-17)31(29,30)26-20-23-12-27(25-20)11-15-8-9-16(21)10-18(15)22/h3-10,12H,11H2,1-2H3,(H,25,26). The van der Waals surface area contributed by atoms with Crippen LogP contribution in [0.4, 0.5) is 5.95 Å². The number of nitrogens with one attached hydrogen (secondary N) is 1. The molecule has 0 amide bonds. The maximum absolute atomic E-state index is 13.1. The number of aryl methyl sites for hydroxylation is 1. The minimum atomic E-state index is -3.95. The quantitative estimate of drug-likeness (QED) is 0.449. The van der Waals surface area contributed by atoms with Gasteiger partial charge in [0.1, 0.15) is 11.2 Å². The van der Waals surface area contributed by atoms with Crippen molar-refractivity contribution in [3.8, 4) is 5.69 Å². The summed E-state index contributed by atoms with van der Waals surface area (Å²) in [5.74, 6) is -0.0450. The summed E-state index contributed by atoms with van der Waals surface area (Å²) in [6.45, 7) is 3.67. The van der Waals surface area contributed by atoms with Gasteiger partial charge in [-0.15, -0.1) is 5.10 Å². The Hall–Kier alpha value is -2.88. The number of rotatable bonds is 6. The fourth-order valence-corrected chi connectivity index (χ4v) is 5.06. The minimum Gasteiger partial charge on any atom is -0.246 e. The van der Waals surface area contributed by atoms with E-state index in [9.17, 15) is 8.42 Å². The van der Waals surface area contributed by atoms with Gasteiger partial charge < -0.3 is 0 Å². The van der Waals surface area contributed by atoms with Crippen molar-refractivity contribution in [2.75, 3.05) is 4.72 Å². The van der Waals surface area contributed by atoms with Gasteiger partial charge in [0.2, 0.25) is 0 Å². The Morgan fingerprint density at radius 2 is 1.77 bits per heavy atom. The van der Waals surface area contributed by atoms with Crippen molar-refractivity contribution in [1.82, 2.24) is 24.5 Å². The Bertz CT molecular complexity index is 1350. The van der Waals surface area contributed by atoms with E-state index < -0.39 is 10.0 Å². The van der Waals surface area contributed by atoms with Crippen LogP contribution in [0.5, 0.6) is 0 Å². The molecule has 1 N–H and O–H groups in total. The van der Waals surface area contributed by atoms with Crippen molar-refractivity contribution in [2.45, 2.75) is 25.3 Å². The van der Waals surface area contributed by atoms with Crippen LogP contribution >= 0.6 is 23.2 Å². The van der Waals surface area contributed by atoms with Crippen molar-refractivity contribution in [1.29, 1.82) is 0 Å². The molecular weight excluding hydrogens is 459 g/mol. The molecule has 4 aromatic rings. The molecule has 11 heteroatoms. The number of hydrogen-bond acceptors (Lipinski definition) is 5. The molecule has 0 bridgehead atoms. The zero-order valence-corrected chi connectivity index (χ0v) is 18.9. The zero-order chi connectivity index (χ0) is 22.2. The normalized spacial score (nSPS) is 11.6. The molecule has 0 aliphatic rings. The first kappa shape index (κ1) is 21.4. The molecule has 0 aliphatic carbocycles. The van der Waals surface area contributed by atoms with Gasteiger partial charge in [-0.25, -0.2) is 22.5 Å². The van der Waals surface area contributed by atoms with Gasteiger partial charge in [0, 0.05) is 10.0 Å². The maximum Gasteiger partial charge on any atom is 0.267 e. The van der Waals surface area contributed by atoms with Gasteiger partial charge in [0.15, 0.2) is 0 Å². The lowest BCUT2D eigenvalue weighted by Gasteiger charge is -2.07. The van der Waals surface area contributed by atoms with Gasteiger partial charge in [-0.05, 0) is 43.7 Å². The third-order valence-electron chi connectivity index (χ3n) is 4.60. The molecule has 8 nitrogen and oxygen atoms in total. The van der Waals surface area contributed by atoms with Crippen LogP contribution in [0.3, 0.4) is 0 Å². The second-order valence-corrected chi connectivity index (χ2v) is 9.32. The summed E-state index contributed by atoms with van der Waals surface area (Å²) in [4.78, 5) is 4.15. The van der Waals surface area contributed by atoms with Crippen molar-refractivity contribution in [3.05, 3.63) is 81.9 Å². The van der Waals surface area contributed by atoms with Crippen LogP contribution in [0, 0.1) is 13.8 Å². The van der Waals surface area contributed by atoms with Crippen LogP contribution in [0.25, 0.3) is 5.69 Å². The van der Waals surface area contributed by atoms with E-state index in [1.54, 1.807) is 36.7 Å². The van der Waals surface area contributed by atoms with Crippen LogP contribution in [-0.4, -0.2) is 33.0 Å². The summed E-state index contributed by atoms with van der Waals surface area (Å²) in [6, 6.07) is 14.5. The number of halogens is 2. The molecule has 0 saturated heterocycles.